The predicted octanol–water partition coefficient (Wildman–Crippen LogP) is 3.38. The van der Waals surface area contributed by atoms with Gasteiger partial charge in [0.15, 0.2) is 0 Å². The van der Waals surface area contributed by atoms with Crippen molar-refractivity contribution in [3.63, 3.8) is 0 Å². The number of nitrogens with zero attached hydrogens (tertiary/aromatic N) is 2. The average molecular weight is 395 g/mol. The van der Waals surface area contributed by atoms with Crippen LogP contribution in [0.15, 0.2) is 36.5 Å². The molecule has 0 atom stereocenters. The summed E-state index contributed by atoms with van der Waals surface area (Å²) in [6.07, 6.45) is 1.64. The van der Waals surface area contributed by atoms with Gasteiger partial charge in [-0.15, -0.1) is 0 Å². The van der Waals surface area contributed by atoms with Crippen LogP contribution in [-0.4, -0.2) is 55.2 Å². The molecule has 1 aromatic carbocycles. The maximum Gasteiger partial charge on any atom is 0.274 e. The largest absolute Gasteiger partial charge is 0.383 e. The Morgan fingerprint density at radius 2 is 1.88 bits per heavy atom. The second kappa shape index (κ2) is 9.19. The van der Waals surface area contributed by atoms with E-state index in [-0.39, 0.29) is 5.91 Å². The lowest BCUT2D eigenvalue weighted by molar-refractivity contribution is 0.0398. The summed E-state index contributed by atoms with van der Waals surface area (Å²) in [4.78, 5) is 18.9. The van der Waals surface area contributed by atoms with Crippen molar-refractivity contribution in [2.45, 2.75) is 0 Å². The molecule has 3 rings (SSSR count). The van der Waals surface area contributed by atoms with E-state index >= 15 is 0 Å². The third kappa shape index (κ3) is 5.08. The molecule has 2 N–H and O–H groups in total. The lowest BCUT2D eigenvalue weighted by atomic mass is 10.2. The highest BCUT2D eigenvalue weighted by Crippen LogP contribution is 2.30. The molecule has 138 valence electrons. The van der Waals surface area contributed by atoms with Crippen molar-refractivity contribution in [3.8, 4) is 0 Å². The molecule has 0 saturated carbocycles. The minimum absolute atomic E-state index is 0.291. The first-order valence-electron chi connectivity index (χ1n) is 8.39. The van der Waals surface area contributed by atoms with Gasteiger partial charge in [-0.2, -0.15) is 0 Å². The molecular weight excluding hydrogens is 375 g/mol. The zero-order chi connectivity index (χ0) is 18.4. The minimum atomic E-state index is -0.361. The molecule has 0 spiro atoms. The third-order valence-electron chi connectivity index (χ3n) is 4.06. The van der Waals surface area contributed by atoms with Crippen LogP contribution in [-0.2, 0) is 4.74 Å². The highest BCUT2D eigenvalue weighted by Gasteiger charge is 2.13. The Labute approximate surface area is 162 Å². The Morgan fingerprint density at radius 3 is 2.54 bits per heavy atom. The Morgan fingerprint density at radius 1 is 1.15 bits per heavy atom. The number of anilines is 2. The van der Waals surface area contributed by atoms with Crippen molar-refractivity contribution in [2.75, 3.05) is 50.0 Å². The van der Waals surface area contributed by atoms with Gasteiger partial charge < -0.3 is 15.4 Å². The summed E-state index contributed by atoms with van der Waals surface area (Å²) in [5.41, 5.74) is 1.54. The highest BCUT2D eigenvalue weighted by molar-refractivity contribution is 6.39. The fourth-order valence-corrected chi connectivity index (χ4v) is 3.10. The summed E-state index contributed by atoms with van der Waals surface area (Å²) in [7, 11) is 0. The molecule has 0 bridgehead atoms. The Bertz CT molecular complexity index is 729. The summed E-state index contributed by atoms with van der Waals surface area (Å²) >= 11 is 12.1. The zero-order valence-electron chi connectivity index (χ0n) is 14.2. The van der Waals surface area contributed by atoms with Crippen LogP contribution in [0.3, 0.4) is 0 Å². The van der Waals surface area contributed by atoms with Crippen molar-refractivity contribution in [1.29, 1.82) is 0 Å². The number of pyridine rings is 1. The number of carbonyl (C=O) groups excluding carboxylic acids is 1. The summed E-state index contributed by atoms with van der Waals surface area (Å²) in [6, 6.07) is 8.54. The number of hydrogen-bond donors (Lipinski definition) is 2. The van der Waals surface area contributed by atoms with Crippen molar-refractivity contribution in [3.05, 3.63) is 52.3 Å². The number of morpholine rings is 1. The van der Waals surface area contributed by atoms with Crippen LogP contribution in [0, 0.1) is 0 Å². The van der Waals surface area contributed by atoms with E-state index in [0.717, 1.165) is 45.1 Å². The second-order valence-corrected chi connectivity index (χ2v) is 6.68. The first kappa shape index (κ1) is 18.9. The van der Waals surface area contributed by atoms with Gasteiger partial charge in [-0.3, -0.25) is 9.69 Å². The van der Waals surface area contributed by atoms with Crippen LogP contribution in [0.2, 0.25) is 10.0 Å². The molecule has 2 aromatic rings. The molecule has 1 aliphatic heterocycles. The number of ether oxygens (including phenoxy) is 1. The first-order valence-corrected chi connectivity index (χ1v) is 9.14. The van der Waals surface area contributed by atoms with Crippen molar-refractivity contribution in [2.24, 2.45) is 0 Å². The lowest BCUT2D eigenvalue weighted by Crippen LogP contribution is -2.39. The summed E-state index contributed by atoms with van der Waals surface area (Å²) < 4.78 is 5.33. The number of nitrogens with one attached hydrogen (secondary N) is 2. The van der Waals surface area contributed by atoms with Crippen LogP contribution >= 0.6 is 23.2 Å². The van der Waals surface area contributed by atoms with Crippen LogP contribution in [0.4, 0.5) is 11.4 Å². The van der Waals surface area contributed by atoms with Gasteiger partial charge in [0.1, 0.15) is 5.69 Å². The van der Waals surface area contributed by atoms with Gasteiger partial charge in [-0.05, 0) is 24.3 Å². The second-order valence-electron chi connectivity index (χ2n) is 5.86. The standard InChI is InChI=1S/C18H20Cl2N4O2/c19-14-2-1-3-15(20)17(14)23-18(25)16-5-4-13(12-22-16)21-6-7-24-8-10-26-11-9-24/h1-5,12,21H,6-11H2,(H,23,25). The predicted molar refractivity (Wildman–Crippen MR) is 104 cm³/mol. The van der Waals surface area contributed by atoms with Gasteiger partial charge in [-0.1, -0.05) is 29.3 Å². The zero-order valence-corrected chi connectivity index (χ0v) is 15.7. The van der Waals surface area contributed by atoms with Crippen molar-refractivity contribution >= 4 is 40.5 Å². The quantitative estimate of drug-likeness (QED) is 0.785. The van der Waals surface area contributed by atoms with Crippen molar-refractivity contribution < 1.29 is 9.53 Å². The number of amides is 1. The number of carbonyl (C=O) groups is 1. The fourth-order valence-electron chi connectivity index (χ4n) is 2.61. The van der Waals surface area contributed by atoms with Gasteiger partial charge in [-0.25, -0.2) is 4.98 Å². The molecule has 1 aromatic heterocycles. The van der Waals surface area contributed by atoms with Gasteiger partial charge in [0.2, 0.25) is 0 Å². The SMILES string of the molecule is O=C(Nc1c(Cl)cccc1Cl)c1ccc(NCCN2CCOCC2)cn1. The number of rotatable bonds is 6. The minimum Gasteiger partial charge on any atom is -0.383 e. The molecule has 1 fully saturated rings. The van der Waals surface area contributed by atoms with Gasteiger partial charge in [0.05, 0.1) is 40.8 Å². The molecule has 2 heterocycles. The van der Waals surface area contributed by atoms with E-state index in [9.17, 15) is 4.79 Å². The number of halogens is 2. The first-order chi connectivity index (χ1) is 12.6. The molecule has 0 unspecified atom stereocenters. The lowest BCUT2D eigenvalue weighted by Gasteiger charge is -2.26. The molecule has 8 heteroatoms. The van der Waals surface area contributed by atoms with Crippen molar-refractivity contribution in [1.82, 2.24) is 9.88 Å². The summed E-state index contributed by atoms with van der Waals surface area (Å²) in [6.45, 7) is 5.26. The van der Waals surface area contributed by atoms with Gasteiger partial charge >= 0.3 is 0 Å². The maximum atomic E-state index is 12.3. The molecule has 26 heavy (non-hydrogen) atoms. The van der Waals surface area contributed by atoms with Crippen LogP contribution in [0.5, 0.6) is 0 Å². The topological polar surface area (TPSA) is 66.5 Å². The molecular formula is C18H20Cl2N4O2. The number of hydrogen-bond acceptors (Lipinski definition) is 5. The molecule has 1 amide bonds. The van der Waals surface area contributed by atoms with E-state index in [1.807, 2.05) is 6.07 Å². The van der Waals surface area contributed by atoms with Gasteiger partial charge in [0.25, 0.3) is 5.91 Å². The van der Waals surface area contributed by atoms with E-state index in [1.165, 1.54) is 0 Å². The average Bonchev–Trinajstić information content (AvgIpc) is 2.66. The molecule has 0 aliphatic carbocycles. The molecule has 1 aliphatic rings. The monoisotopic (exact) mass is 394 g/mol. The number of benzene rings is 1. The van der Waals surface area contributed by atoms with Crippen LogP contribution in [0.1, 0.15) is 10.5 Å². The Hall–Kier alpha value is -1.86. The van der Waals surface area contributed by atoms with Gasteiger partial charge in [0, 0.05) is 26.2 Å². The normalized spacial score (nSPS) is 14.8. The number of para-hydroxylation sites is 1. The summed E-state index contributed by atoms with van der Waals surface area (Å²) in [5.74, 6) is -0.361. The Balaban J connectivity index is 1.52. The third-order valence-corrected chi connectivity index (χ3v) is 4.69. The van der Waals surface area contributed by atoms with E-state index in [0.29, 0.717) is 21.4 Å². The van der Waals surface area contributed by atoms with Crippen LogP contribution < -0.4 is 10.6 Å². The van der Waals surface area contributed by atoms with Crippen LogP contribution in [0.25, 0.3) is 0 Å². The maximum absolute atomic E-state index is 12.3. The van der Waals surface area contributed by atoms with E-state index < -0.39 is 0 Å². The van der Waals surface area contributed by atoms with E-state index in [2.05, 4.69) is 20.5 Å². The fraction of sp³-hybridized carbons (Fsp3) is 0.333. The molecule has 0 radical (unpaired) electrons. The molecule has 6 nitrogen and oxygen atoms in total. The van der Waals surface area contributed by atoms with E-state index in [4.69, 9.17) is 27.9 Å². The molecule has 1 saturated heterocycles. The Kier molecular flexibility index (Phi) is 6.68. The summed E-state index contributed by atoms with van der Waals surface area (Å²) in [5, 5.41) is 6.77. The highest BCUT2D eigenvalue weighted by atomic mass is 35.5. The number of aromatic nitrogens is 1. The van der Waals surface area contributed by atoms with E-state index in [1.54, 1.807) is 30.5 Å². The smallest absolute Gasteiger partial charge is 0.274 e.